The molecule has 1 heterocycles. The summed E-state index contributed by atoms with van der Waals surface area (Å²) in [4.78, 5) is 5.23. The van der Waals surface area contributed by atoms with E-state index in [2.05, 4.69) is 4.99 Å². The maximum Gasteiger partial charge on any atom is 0.126 e. The van der Waals surface area contributed by atoms with Gasteiger partial charge in [-0.3, -0.25) is 4.99 Å². The quantitative estimate of drug-likeness (QED) is 0.694. The van der Waals surface area contributed by atoms with Crippen LogP contribution >= 0.6 is 22.9 Å². The smallest absolute Gasteiger partial charge is 0.126 e. The van der Waals surface area contributed by atoms with Crippen LogP contribution in [0.15, 0.2) is 35.3 Å². The van der Waals surface area contributed by atoms with Crippen LogP contribution < -0.4 is 0 Å². The van der Waals surface area contributed by atoms with Gasteiger partial charge in [-0.15, -0.1) is 11.3 Å². The van der Waals surface area contributed by atoms with Gasteiger partial charge in [0.15, 0.2) is 0 Å². The Morgan fingerprint density at radius 2 is 2.12 bits per heavy atom. The summed E-state index contributed by atoms with van der Waals surface area (Å²) in [6.45, 7) is 1.72. The highest BCUT2D eigenvalue weighted by Crippen LogP contribution is 2.21. The molecule has 0 amide bonds. The first-order valence-electron chi connectivity index (χ1n) is 4.71. The average Bonchev–Trinajstić information content (AvgIpc) is 2.66. The van der Waals surface area contributed by atoms with Gasteiger partial charge in [-0.2, -0.15) is 0 Å². The zero-order valence-corrected chi connectivity index (χ0v) is 10.1. The van der Waals surface area contributed by atoms with E-state index in [1.807, 2.05) is 12.1 Å². The summed E-state index contributed by atoms with van der Waals surface area (Å²) in [6.07, 6.45) is 1.73. The third kappa shape index (κ3) is 2.68. The average molecular weight is 254 g/mol. The van der Waals surface area contributed by atoms with E-state index in [9.17, 15) is 4.39 Å². The zero-order valence-electron chi connectivity index (χ0n) is 8.58. The Hall–Kier alpha value is -1.19. The number of rotatable bonds is 2. The third-order valence-electron chi connectivity index (χ3n) is 2.08. The minimum Gasteiger partial charge on any atom is -0.255 e. The van der Waals surface area contributed by atoms with Gasteiger partial charge in [-0.25, -0.2) is 4.39 Å². The number of hydrogen-bond donors (Lipinski definition) is 0. The number of hydrogen-bond acceptors (Lipinski definition) is 2. The van der Waals surface area contributed by atoms with Crippen molar-refractivity contribution in [2.45, 2.75) is 6.92 Å². The Bertz CT molecular complexity index is 534. The number of aryl methyl sites for hydroxylation is 1. The molecule has 0 N–H and O–H groups in total. The zero-order chi connectivity index (χ0) is 11.5. The summed E-state index contributed by atoms with van der Waals surface area (Å²) in [7, 11) is 0. The molecular weight excluding hydrogens is 245 g/mol. The van der Waals surface area contributed by atoms with Crippen LogP contribution in [0.3, 0.4) is 0 Å². The van der Waals surface area contributed by atoms with Crippen LogP contribution in [0.2, 0.25) is 4.34 Å². The van der Waals surface area contributed by atoms with Crippen LogP contribution in [0.1, 0.15) is 10.4 Å². The first-order chi connectivity index (χ1) is 7.65. The van der Waals surface area contributed by atoms with Crippen LogP contribution in [0, 0.1) is 12.7 Å². The number of aliphatic imine (C=N–C) groups is 1. The third-order valence-corrected chi connectivity index (χ3v) is 3.24. The molecule has 0 aliphatic rings. The SMILES string of the molecule is Cc1cc(N=Cc2ccc(Cl)s2)ccc1F. The molecule has 0 saturated carbocycles. The summed E-state index contributed by atoms with van der Waals surface area (Å²) in [6, 6.07) is 8.49. The number of benzene rings is 1. The van der Waals surface area contributed by atoms with Gasteiger partial charge in [-0.05, 0) is 42.8 Å². The Morgan fingerprint density at radius 3 is 2.75 bits per heavy atom. The predicted octanol–water partition coefficient (Wildman–Crippen LogP) is 4.60. The Kier molecular flexibility index (Phi) is 3.36. The van der Waals surface area contributed by atoms with Crippen LogP contribution in [-0.2, 0) is 0 Å². The van der Waals surface area contributed by atoms with Crippen LogP contribution in [0.5, 0.6) is 0 Å². The second-order valence-electron chi connectivity index (χ2n) is 3.33. The van der Waals surface area contributed by atoms with Crippen LogP contribution in [0.25, 0.3) is 0 Å². The van der Waals surface area contributed by atoms with E-state index in [0.717, 1.165) is 14.9 Å². The fraction of sp³-hybridized carbons (Fsp3) is 0.0833. The summed E-state index contributed by atoms with van der Waals surface area (Å²) in [5.41, 5.74) is 1.34. The highest BCUT2D eigenvalue weighted by atomic mass is 35.5. The minimum absolute atomic E-state index is 0.210. The summed E-state index contributed by atoms with van der Waals surface area (Å²) >= 11 is 7.25. The van der Waals surface area contributed by atoms with E-state index in [4.69, 9.17) is 11.6 Å². The maximum absolute atomic E-state index is 13.0. The van der Waals surface area contributed by atoms with Gasteiger partial charge in [0.25, 0.3) is 0 Å². The van der Waals surface area contributed by atoms with Crippen molar-refractivity contribution in [3.8, 4) is 0 Å². The lowest BCUT2D eigenvalue weighted by molar-refractivity contribution is 0.618. The van der Waals surface area contributed by atoms with E-state index in [0.29, 0.717) is 5.56 Å². The van der Waals surface area contributed by atoms with Gasteiger partial charge in [0.1, 0.15) is 5.82 Å². The monoisotopic (exact) mass is 253 g/mol. The molecule has 1 aromatic carbocycles. The van der Waals surface area contributed by atoms with Gasteiger partial charge in [-0.1, -0.05) is 11.6 Å². The van der Waals surface area contributed by atoms with Crippen molar-refractivity contribution in [3.63, 3.8) is 0 Å². The normalized spacial score (nSPS) is 11.2. The van der Waals surface area contributed by atoms with Gasteiger partial charge in [0.2, 0.25) is 0 Å². The van der Waals surface area contributed by atoms with E-state index in [1.54, 1.807) is 25.3 Å². The summed E-state index contributed by atoms with van der Waals surface area (Å²) in [5, 5.41) is 0. The lowest BCUT2D eigenvalue weighted by atomic mass is 10.2. The van der Waals surface area contributed by atoms with E-state index in [1.165, 1.54) is 17.4 Å². The van der Waals surface area contributed by atoms with E-state index in [-0.39, 0.29) is 5.82 Å². The van der Waals surface area contributed by atoms with Crippen molar-refractivity contribution in [2.75, 3.05) is 0 Å². The van der Waals surface area contributed by atoms with Gasteiger partial charge in [0.05, 0.1) is 10.0 Å². The molecule has 0 fully saturated rings. The molecule has 4 heteroatoms. The molecule has 0 aliphatic heterocycles. The standard InChI is InChI=1S/C12H9ClFNS/c1-8-6-9(2-4-11(8)14)15-7-10-3-5-12(13)16-10/h2-7H,1H3. The molecule has 0 bridgehead atoms. The van der Waals surface area contributed by atoms with Crippen molar-refractivity contribution in [3.05, 3.63) is 50.9 Å². The molecular formula is C12H9ClFNS. The molecule has 0 saturated heterocycles. The van der Waals surface area contributed by atoms with Crippen molar-refractivity contribution >= 4 is 34.8 Å². The molecule has 0 atom stereocenters. The second-order valence-corrected chi connectivity index (χ2v) is 5.08. The first-order valence-corrected chi connectivity index (χ1v) is 5.90. The molecule has 1 nitrogen and oxygen atoms in total. The van der Waals surface area contributed by atoms with Gasteiger partial charge in [0, 0.05) is 11.1 Å². The molecule has 0 aliphatic carbocycles. The molecule has 82 valence electrons. The van der Waals surface area contributed by atoms with E-state index < -0.39 is 0 Å². The molecule has 2 aromatic rings. The second kappa shape index (κ2) is 4.76. The Morgan fingerprint density at radius 1 is 1.31 bits per heavy atom. The highest BCUT2D eigenvalue weighted by Gasteiger charge is 1.97. The van der Waals surface area contributed by atoms with Crippen molar-refractivity contribution < 1.29 is 4.39 Å². The highest BCUT2D eigenvalue weighted by molar-refractivity contribution is 7.17. The molecule has 0 unspecified atom stereocenters. The van der Waals surface area contributed by atoms with Crippen LogP contribution in [-0.4, -0.2) is 6.21 Å². The predicted molar refractivity (Wildman–Crippen MR) is 67.7 cm³/mol. The van der Waals surface area contributed by atoms with E-state index >= 15 is 0 Å². The largest absolute Gasteiger partial charge is 0.255 e. The lowest BCUT2D eigenvalue weighted by Crippen LogP contribution is -1.80. The summed E-state index contributed by atoms with van der Waals surface area (Å²) in [5.74, 6) is -0.210. The van der Waals surface area contributed by atoms with Crippen molar-refractivity contribution in [2.24, 2.45) is 4.99 Å². The summed E-state index contributed by atoms with van der Waals surface area (Å²) < 4.78 is 13.7. The molecule has 16 heavy (non-hydrogen) atoms. The molecule has 2 rings (SSSR count). The number of halogens is 2. The fourth-order valence-corrected chi connectivity index (χ4v) is 2.18. The first kappa shape index (κ1) is 11.3. The Balaban J connectivity index is 2.20. The van der Waals surface area contributed by atoms with Crippen molar-refractivity contribution in [1.29, 1.82) is 0 Å². The van der Waals surface area contributed by atoms with Crippen molar-refractivity contribution in [1.82, 2.24) is 0 Å². The molecule has 0 spiro atoms. The Labute approximate surface area is 102 Å². The number of nitrogens with zero attached hydrogens (tertiary/aromatic N) is 1. The minimum atomic E-state index is -0.210. The lowest BCUT2D eigenvalue weighted by Gasteiger charge is -1.97. The van der Waals surface area contributed by atoms with Gasteiger partial charge < -0.3 is 0 Å². The number of thiophene rings is 1. The molecule has 1 aromatic heterocycles. The molecule has 0 radical (unpaired) electrons. The fourth-order valence-electron chi connectivity index (χ4n) is 1.24. The van der Waals surface area contributed by atoms with Gasteiger partial charge >= 0.3 is 0 Å². The maximum atomic E-state index is 13.0. The topological polar surface area (TPSA) is 12.4 Å². The van der Waals surface area contributed by atoms with Crippen LogP contribution in [0.4, 0.5) is 10.1 Å².